The molecular weight excluding hydrogens is 305 g/mol. The monoisotopic (exact) mass is 319 g/mol. The molecule has 24 heavy (non-hydrogen) atoms. The van der Waals surface area contributed by atoms with Crippen LogP contribution in [-0.2, 0) is 0 Å². The topological polar surface area (TPSA) is 55.6 Å². The second-order valence-electron chi connectivity index (χ2n) is 5.38. The molecule has 2 aromatic heterocycles. The molecule has 0 bridgehead atoms. The van der Waals surface area contributed by atoms with Gasteiger partial charge in [-0.2, -0.15) is 5.10 Å². The van der Waals surface area contributed by atoms with Gasteiger partial charge in [0.2, 0.25) is 0 Å². The maximum absolute atomic E-state index is 13.1. The summed E-state index contributed by atoms with van der Waals surface area (Å²) in [6.07, 6.45) is 1.73. The molecular formula is C18H14FN5. The Hall–Kier alpha value is -3.28. The van der Waals surface area contributed by atoms with Crippen LogP contribution in [-0.4, -0.2) is 19.7 Å². The van der Waals surface area contributed by atoms with Crippen LogP contribution in [0.1, 0.15) is 5.82 Å². The van der Waals surface area contributed by atoms with E-state index in [1.807, 2.05) is 37.3 Å². The Balaban J connectivity index is 1.82. The van der Waals surface area contributed by atoms with Gasteiger partial charge in [-0.25, -0.2) is 19.0 Å². The molecule has 0 radical (unpaired) electrons. The van der Waals surface area contributed by atoms with Crippen LogP contribution in [0.4, 0.5) is 15.9 Å². The van der Waals surface area contributed by atoms with Crippen LogP contribution in [0.5, 0.6) is 0 Å². The molecule has 0 spiro atoms. The molecule has 0 unspecified atom stereocenters. The molecule has 0 aliphatic heterocycles. The van der Waals surface area contributed by atoms with Crippen LogP contribution in [0.2, 0.25) is 0 Å². The Labute approximate surface area is 137 Å². The maximum atomic E-state index is 13.1. The fourth-order valence-corrected chi connectivity index (χ4v) is 2.54. The van der Waals surface area contributed by atoms with Crippen molar-refractivity contribution in [3.63, 3.8) is 0 Å². The van der Waals surface area contributed by atoms with E-state index in [-0.39, 0.29) is 5.82 Å². The number of nitrogens with zero attached hydrogens (tertiary/aromatic N) is 4. The van der Waals surface area contributed by atoms with Crippen LogP contribution in [0.15, 0.2) is 60.8 Å². The van der Waals surface area contributed by atoms with Crippen LogP contribution >= 0.6 is 0 Å². The molecule has 0 aliphatic rings. The molecule has 2 aromatic carbocycles. The van der Waals surface area contributed by atoms with Crippen LogP contribution in [0.25, 0.3) is 16.7 Å². The molecule has 0 saturated carbocycles. The number of para-hydroxylation sites is 1. The lowest BCUT2D eigenvalue weighted by Gasteiger charge is -2.08. The smallest absolute Gasteiger partial charge is 0.168 e. The molecule has 5 nitrogen and oxygen atoms in total. The van der Waals surface area contributed by atoms with E-state index in [0.717, 1.165) is 22.4 Å². The number of nitrogens with one attached hydrogen (secondary N) is 1. The lowest BCUT2D eigenvalue weighted by molar-refractivity contribution is 0.628. The highest BCUT2D eigenvalue weighted by Gasteiger charge is 2.13. The highest BCUT2D eigenvalue weighted by atomic mass is 19.1. The third kappa shape index (κ3) is 2.58. The molecule has 2 heterocycles. The van der Waals surface area contributed by atoms with Gasteiger partial charge in [-0.1, -0.05) is 18.2 Å². The minimum atomic E-state index is -0.276. The largest absolute Gasteiger partial charge is 0.340 e. The highest BCUT2D eigenvalue weighted by Crippen LogP contribution is 2.25. The van der Waals surface area contributed by atoms with E-state index in [4.69, 9.17) is 0 Å². The van der Waals surface area contributed by atoms with Gasteiger partial charge < -0.3 is 5.32 Å². The Morgan fingerprint density at radius 1 is 0.958 bits per heavy atom. The first kappa shape index (κ1) is 14.3. The predicted molar refractivity (Wildman–Crippen MR) is 91.1 cm³/mol. The molecule has 6 heteroatoms. The second-order valence-corrected chi connectivity index (χ2v) is 5.38. The molecule has 118 valence electrons. The third-order valence-electron chi connectivity index (χ3n) is 3.65. The number of hydrogen-bond acceptors (Lipinski definition) is 4. The van der Waals surface area contributed by atoms with Crippen LogP contribution < -0.4 is 5.32 Å². The Kier molecular flexibility index (Phi) is 3.42. The van der Waals surface area contributed by atoms with E-state index in [9.17, 15) is 4.39 Å². The quantitative estimate of drug-likeness (QED) is 0.620. The highest BCUT2D eigenvalue weighted by molar-refractivity contribution is 5.89. The van der Waals surface area contributed by atoms with Gasteiger partial charge in [-0.15, -0.1) is 0 Å². The van der Waals surface area contributed by atoms with E-state index >= 15 is 0 Å². The molecule has 1 N–H and O–H groups in total. The van der Waals surface area contributed by atoms with E-state index in [1.165, 1.54) is 12.1 Å². The summed E-state index contributed by atoms with van der Waals surface area (Å²) in [5.74, 6) is 0.998. The first-order chi connectivity index (χ1) is 11.7. The number of halogens is 1. The predicted octanol–water partition coefficient (Wildman–Crippen LogP) is 4.01. The second kappa shape index (κ2) is 5.73. The van der Waals surface area contributed by atoms with Crippen molar-refractivity contribution < 1.29 is 4.39 Å². The zero-order valence-corrected chi connectivity index (χ0v) is 12.9. The molecule has 0 aliphatic carbocycles. The van der Waals surface area contributed by atoms with Gasteiger partial charge in [0.25, 0.3) is 0 Å². The average Bonchev–Trinajstić information content (AvgIpc) is 3.01. The first-order valence-electron chi connectivity index (χ1n) is 7.51. The zero-order valence-electron chi connectivity index (χ0n) is 12.9. The fraction of sp³-hybridized carbons (Fsp3) is 0.0556. The molecule has 0 atom stereocenters. The van der Waals surface area contributed by atoms with E-state index in [1.54, 1.807) is 23.0 Å². The van der Waals surface area contributed by atoms with Gasteiger partial charge >= 0.3 is 0 Å². The van der Waals surface area contributed by atoms with Gasteiger partial charge in [0.15, 0.2) is 5.65 Å². The Morgan fingerprint density at radius 2 is 1.71 bits per heavy atom. The maximum Gasteiger partial charge on any atom is 0.168 e. The summed E-state index contributed by atoms with van der Waals surface area (Å²) >= 11 is 0. The number of rotatable bonds is 3. The summed E-state index contributed by atoms with van der Waals surface area (Å²) in [4.78, 5) is 8.97. The Bertz CT molecular complexity index is 993. The van der Waals surface area contributed by atoms with Gasteiger partial charge in [0.1, 0.15) is 17.5 Å². The summed E-state index contributed by atoms with van der Waals surface area (Å²) in [6, 6.07) is 15.9. The SMILES string of the molecule is Cc1nc(Nc2ccc(F)cc2)c2cnn(-c3ccccc3)c2n1. The minimum absolute atomic E-state index is 0.276. The number of anilines is 2. The molecule has 0 saturated heterocycles. The van der Waals surface area contributed by atoms with Crippen molar-refractivity contribution in [3.8, 4) is 5.69 Å². The third-order valence-corrected chi connectivity index (χ3v) is 3.65. The van der Waals surface area contributed by atoms with E-state index in [0.29, 0.717) is 11.6 Å². The molecule has 4 rings (SSSR count). The zero-order chi connectivity index (χ0) is 16.5. The number of fused-ring (bicyclic) bond motifs is 1. The number of aryl methyl sites for hydroxylation is 1. The van der Waals surface area contributed by atoms with E-state index < -0.39 is 0 Å². The van der Waals surface area contributed by atoms with Crippen molar-refractivity contribution in [1.82, 2.24) is 19.7 Å². The van der Waals surface area contributed by atoms with Crippen molar-refractivity contribution in [2.45, 2.75) is 6.92 Å². The summed E-state index contributed by atoms with van der Waals surface area (Å²) in [6.45, 7) is 1.83. The normalized spacial score (nSPS) is 10.9. The molecule has 4 aromatic rings. The number of aromatic nitrogens is 4. The summed E-state index contributed by atoms with van der Waals surface area (Å²) in [5.41, 5.74) is 2.40. The number of hydrogen-bond donors (Lipinski definition) is 1. The summed E-state index contributed by atoms with van der Waals surface area (Å²) in [5, 5.41) is 8.45. The fourth-order valence-electron chi connectivity index (χ4n) is 2.54. The van der Waals surface area contributed by atoms with Crippen LogP contribution in [0.3, 0.4) is 0 Å². The van der Waals surface area contributed by atoms with E-state index in [2.05, 4.69) is 20.4 Å². The molecule has 0 amide bonds. The summed E-state index contributed by atoms with van der Waals surface area (Å²) < 4.78 is 14.8. The van der Waals surface area contributed by atoms with Gasteiger partial charge in [0.05, 0.1) is 17.3 Å². The lowest BCUT2D eigenvalue weighted by atomic mass is 10.3. The minimum Gasteiger partial charge on any atom is -0.340 e. The summed E-state index contributed by atoms with van der Waals surface area (Å²) in [7, 11) is 0. The van der Waals surface area contributed by atoms with Crippen molar-refractivity contribution in [3.05, 3.63) is 72.4 Å². The van der Waals surface area contributed by atoms with Crippen molar-refractivity contribution in [2.75, 3.05) is 5.32 Å². The van der Waals surface area contributed by atoms with Crippen molar-refractivity contribution >= 4 is 22.5 Å². The van der Waals surface area contributed by atoms with Crippen LogP contribution in [0, 0.1) is 12.7 Å². The molecule has 0 fully saturated rings. The first-order valence-corrected chi connectivity index (χ1v) is 7.51. The Morgan fingerprint density at radius 3 is 2.46 bits per heavy atom. The van der Waals surface area contributed by atoms with Crippen molar-refractivity contribution in [2.24, 2.45) is 0 Å². The van der Waals surface area contributed by atoms with Crippen molar-refractivity contribution in [1.29, 1.82) is 0 Å². The van der Waals surface area contributed by atoms with Gasteiger partial charge in [-0.3, -0.25) is 0 Å². The van der Waals surface area contributed by atoms with Gasteiger partial charge in [0, 0.05) is 5.69 Å². The standard InChI is InChI=1S/C18H14FN5/c1-12-21-17(23-14-9-7-13(19)8-10-14)16-11-20-24(18(16)22-12)15-5-3-2-4-6-15/h2-11H,1H3,(H,21,22,23). The number of benzene rings is 2. The average molecular weight is 319 g/mol. The van der Waals surface area contributed by atoms with Gasteiger partial charge in [-0.05, 0) is 43.3 Å². The lowest BCUT2D eigenvalue weighted by Crippen LogP contribution is -2.02.